The van der Waals surface area contributed by atoms with E-state index < -0.39 is 12.6 Å². The quantitative estimate of drug-likeness (QED) is 0.410. The molecule has 3 nitrogen and oxygen atoms in total. The maximum Gasteiger partial charge on any atom is 0.390 e. The fourth-order valence-electron chi connectivity index (χ4n) is 0.720. The van der Waals surface area contributed by atoms with Crippen molar-refractivity contribution in [2.45, 2.75) is 12.6 Å². The van der Waals surface area contributed by atoms with Crippen molar-refractivity contribution < 1.29 is 13.2 Å². The van der Waals surface area contributed by atoms with Crippen LogP contribution in [-0.4, -0.2) is 36.1 Å². The number of nitrogens with zero attached hydrogens (tertiary/aromatic N) is 3. The van der Waals surface area contributed by atoms with Crippen molar-refractivity contribution in [3.63, 3.8) is 0 Å². The van der Waals surface area contributed by atoms with Crippen LogP contribution in [0, 0.1) is 11.5 Å². The van der Waals surface area contributed by atoms with E-state index in [-0.39, 0.29) is 11.7 Å². The minimum Gasteiger partial charge on any atom is -0.353 e. The molecule has 0 aliphatic rings. The summed E-state index contributed by atoms with van der Waals surface area (Å²) in [5.41, 5.74) is 0. The van der Waals surface area contributed by atoms with Gasteiger partial charge in [-0.25, -0.2) is 0 Å². The largest absolute Gasteiger partial charge is 0.390 e. The molecule has 0 rings (SSSR count). The van der Waals surface area contributed by atoms with Crippen LogP contribution in [0.5, 0.6) is 0 Å². The van der Waals surface area contributed by atoms with Crippen LogP contribution >= 0.6 is 11.8 Å². The zero-order valence-electron chi connectivity index (χ0n) is 7.80. The van der Waals surface area contributed by atoms with E-state index in [1.54, 1.807) is 12.4 Å². The SMILES string of the molecule is CSC(=NC#N)N(C)CCC(F)(F)F. The van der Waals surface area contributed by atoms with E-state index in [9.17, 15) is 13.2 Å². The summed E-state index contributed by atoms with van der Waals surface area (Å²) in [5.74, 6) is 0. The molecule has 0 saturated heterocycles. The number of alkyl halides is 3. The lowest BCUT2D eigenvalue weighted by molar-refractivity contribution is -0.135. The van der Waals surface area contributed by atoms with Crippen LogP contribution in [0.25, 0.3) is 0 Å². The molecule has 0 aliphatic heterocycles. The third-order valence-corrected chi connectivity index (χ3v) is 2.15. The van der Waals surface area contributed by atoms with Crippen LogP contribution in [0.15, 0.2) is 4.99 Å². The van der Waals surface area contributed by atoms with Crippen molar-refractivity contribution in [3.05, 3.63) is 0 Å². The second-order valence-electron chi connectivity index (χ2n) is 2.49. The molecule has 0 spiro atoms. The van der Waals surface area contributed by atoms with Gasteiger partial charge in [0.1, 0.15) is 0 Å². The Labute approximate surface area is 84.6 Å². The number of hydrogen-bond acceptors (Lipinski definition) is 3. The van der Waals surface area contributed by atoms with E-state index in [4.69, 9.17) is 5.26 Å². The monoisotopic (exact) mass is 225 g/mol. The highest BCUT2D eigenvalue weighted by atomic mass is 32.2. The molecular formula is C7H10F3N3S. The van der Waals surface area contributed by atoms with Gasteiger partial charge >= 0.3 is 6.18 Å². The van der Waals surface area contributed by atoms with Gasteiger partial charge in [-0.15, -0.1) is 4.99 Å². The Bertz CT molecular complexity index is 244. The maximum absolute atomic E-state index is 11.8. The highest BCUT2D eigenvalue weighted by Crippen LogP contribution is 2.20. The number of nitriles is 1. The summed E-state index contributed by atoms with van der Waals surface area (Å²) >= 11 is 1.14. The summed E-state index contributed by atoms with van der Waals surface area (Å²) in [4.78, 5) is 4.69. The van der Waals surface area contributed by atoms with Gasteiger partial charge in [0.2, 0.25) is 6.19 Å². The van der Waals surface area contributed by atoms with Gasteiger partial charge in [-0.3, -0.25) is 0 Å². The fourth-order valence-corrected chi connectivity index (χ4v) is 1.25. The summed E-state index contributed by atoms with van der Waals surface area (Å²) in [6.45, 7) is -0.190. The zero-order valence-corrected chi connectivity index (χ0v) is 8.61. The van der Waals surface area contributed by atoms with Crippen LogP contribution < -0.4 is 0 Å². The van der Waals surface area contributed by atoms with Crippen LogP contribution in [0.3, 0.4) is 0 Å². The first-order valence-electron chi connectivity index (χ1n) is 3.69. The Morgan fingerprint density at radius 1 is 1.57 bits per heavy atom. The Hall–Kier alpha value is -0.900. The summed E-state index contributed by atoms with van der Waals surface area (Å²) in [7, 11) is 1.47. The molecule has 80 valence electrons. The normalized spacial score (nSPS) is 12.4. The zero-order chi connectivity index (χ0) is 11.2. The van der Waals surface area contributed by atoms with Crippen molar-refractivity contribution in [3.8, 4) is 6.19 Å². The molecule has 0 unspecified atom stereocenters. The van der Waals surface area contributed by atoms with E-state index in [0.29, 0.717) is 0 Å². The summed E-state index contributed by atoms with van der Waals surface area (Å²) in [6.07, 6.45) is -1.89. The predicted octanol–water partition coefficient (Wildman–Crippen LogP) is 2.07. The summed E-state index contributed by atoms with van der Waals surface area (Å²) in [6, 6.07) is 0. The molecule has 0 N–H and O–H groups in total. The predicted molar refractivity (Wildman–Crippen MR) is 49.9 cm³/mol. The standard InChI is InChI=1S/C7H10F3N3S/c1-13(4-3-7(8,9)10)6(14-2)12-5-11/h3-4H2,1-2H3. The average molecular weight is 225 g/mol. The van der Waals surface area contributed by atoms with Crippen LogP contribution in [0.1, 0.15) is 6.42 Å². The number of hydrogen-bond donors (Lipinski definition) is 0. The molecule has 0 aliphatic carbocycles. The van der Waals surface area contributed by atoms with Gasteiger partial charge in [-0.1, -0.05) is 11.8 Å². The average Bonchev–Trinajstić information content (AvgIpc) is 2.09. The summed E-state index contributed by atoms with van der Waals surface area (Å²) < 4.78 is 35.5. The van der Waals surface area contributed by atoms with Crippen LogP contribution in [-0.2, 0) is 0 Å². The molecule has 0 aromatic heterocycles. The second kappa shape index (κ2) is 5.75. The van der Waals surface area contributed by atoms with Gasteiger partial charge in [-0.05, 0) is 6.26 Å². The van der Waals surface area contributed by atoms with E-state index >= 15 is 0 Å². The summed E-state index contributed by atoms with van der Waals surface area (Å²) in [5, 5.41) is 8.53. The second-order valence-corrected chi connectivity index (χ2v) is 3.26. The van der Waals surface area contributed by atoms with Crippen molar-refractivity contribution in [1.82, 2.24) is 4.90 Å². The first-order chi connectivity index (χ1) is 6.40. The van der Waals surface area contributed by atoms with Crippen molar-refractivity contribution in [2.24, 2.45) is 4.99 Å². The highest BCUT2D eigenvalue weighted by Gasteiger charge is 2.27. The van der Waals surface area contributed by atoms with E-state index in [1.165, 1.54) is 11.9 Å². The molecule has 0 aromatic carbocycles. The molecular weight excluding hydrogens is 215 g/mol. The molecule has 0 atom stereocenters. The Balaban J connectivity index is 4.14. The van der Waals surface area contributed by atoms with Gasteiger partial charge in [0.25, 0.3) is 0 Å². The van der Waals surface area contributed by atoms with Gasteiger partial charge in [0.05, 0.1) is 6.42 Å². The number of rotatable bonds is 2. The highest BCUT2D eigenvalue weighted by molar-refractivity contribution is 8.13. The Kier molecular flexibility index (Phi) is 5.38. The lowest BCUT2D eigenvalue weighted by Crippen LogP contribution is -2.28. The first-order valence-corrected chi connectivity index (χ1v) is 4.92. The third-order valence-electron chi connectivity index (χ3n) is 1.39. The Morgan fingerprint density at radius 2 is 2.14 bits per heavy atom. The number of aliphatic imine (C=N–C) groups is 1. The van der Waals surface area contributed by atoms with Gasteiger partial charge in [0, 0.05) is 13.6 Å². The Morgan fingerprint density at radius 3 is 2.50 bits per heavy atom. The van der Waals surface area contributed by atoms with Gasteiger partial charge in [0.15, 0.2) is 5.17 Å². The minimum absolute atomic E-state index is 0.190. The van der Waals surface area contributed by atoms with E-state index in [1.807, 2.05) is 0 Å². The molecule has 0 bridgehead atoms. The molecule has 0 saturated carbocycles. The molecule has 7 heteroatoms. The number of halogens is 3. The van der Waals surface area contributed by atoms with Crippen molar-refractivity contribution >= 4 is 16.9 Å². The van der Waals surface area contributed by atoms with Crippen LogP contribution in [0.4, 0.5) is 13.2 Å². The molecule has 0 amide bonds. The maximum atomic E-state index is 11.8. The minimum atomic E-state index is -4.18. The molecule has 14 heavy (non-hydrogen) atoms. The van der Waals surface area contributed by atoms with Gasteiger partial charge in [-0.2, -0.15) is 18.4 Å². The lowest BCUT2D eigenvalue weighted by atomic mass is 10.4. The number of thioether (sulfide) groups is 1. The van der Waals surface area contributed by atoms with Crippen molar-refractivity contribution in [2.75, 3.05) is 19.8 Å². The van der Waals surface area contributed by atoms with Crippen molar-refractivity contribution in [1.29, 1.82) is 5.26 Å². The van der Waals surface area contributed by atoms with Gasteiger partial charge < -0.3 is 4.90 Å². The topological polar surface area (TPSA) is 39.4 Å². The number of amidine groups is 1. The molecule has 0 fully saturated rings. The smallest absolute Gasteiger partial charge is 0.353 e. The lowest BCUT2D eigenvalue weighted by Gasteiger charge is -2.19. The first kappa shape index (κ1) is 13.1. The molecule has 0 aromatic rings. The fraction of sp³-hybridized carbons (Fsp3) is 0.714. The van der Waals surface area contributed by atoms with Crippen LogP contribution in [0.2, 0.25) is 0 Å². The third kappa shape index (κ3) is 5.70. The molecule has 0 radical (unpaired) electrons. The van der Waals surface area contributed by atoms with E-state index in [0.717, 1.165) is 11.8 Å². The van der Waals surface area contributed by atoms with E-state index in [2.05, 4.69) is 4.99 Å². The molecule has 0 heterocycles.